The summed E-state index contributed by atoms with van der Waals surface area (Å²) in [6.07, 6.45) is 6.22. The number of nitrogens with zero attached hydrogens (tertiary/aromatic N) is 2. The van der Waals surface area contributed by atoms with E-state index in [4.69, 9.17) is 0 Å². The van der Waals surface area contributed by atoms with Gasteiger partial charge < -0.3 is 16.4 Å². The van der Waals surface area contributed by atoms with Crippen LogP contribution in [0.5, 0.6) is 11.5 Å². The summed E-state index contributed by atoms with van der Waals surface area (Å²) in [4.78, 5) is 24.1. The largest absolute Gasteiger partial charge is 0.506 e. The molecule has 0 bridgehead atoms. The summed E-state index contributed by atoms with van der Waals surface area (Å²) in [5.74, 6) is -0.952. The number of carbonyl (C=O) groups is 2. The van der Waals surface area contributed by atoms with Crippen LogP contribution in [0, 0.1) is 0 Å². The maximum absolute atomic E-state index is 12.1. The molecule has 15 nitrogen and oxygen atoms in total. The van der Waals surface area contributed by atoms with Crippen LogP contribution in [0.4, 0.5) is 11.4 Å². The molecule has 0 atom stereocenters. The second-order valence-corrected chi connectivity index (χ2v) is 14.3. The zero-order valence-electron chi connectivity index (χ0n) is 27.8. The maximum Gasteiger partial charge on any atom is 0.240 e. The van der Waals surface area contributed by atoms with Crippen LogP contribution in [-0.2, 0) is 46.4 Å². The standard InChI is InChI=1S/2C17H15N3O4S.Co.H3N/c2*1-18-25(23,24)12-7-9-15(21)14(10-12)19-20-17-13-5-3-2-4-11(13)6-8-16(17)22;;/h2*2-10,18-19,21H,1H3;;1H3/p+1/b2*20-17-;;. The van der Waals surface area contributed by atoms with Crippen molar-refractivity contribution in [1.82, 2.24) is 15.6 Å². The van der Waals surface area contributed by atoms with Crippen molar-refractivity contribution in [3.63, 3.8) is 0 Å². The molecule has 52 heavy (non-hydrogen) atoms. The van der Waals surface area contributed by atoms with Gasteiger partial charge in [0.1, 0.15) is 22.9 Å². The Morgan fingerprint density at radius 3 is 1.29 bits per heavy atom. The van der Waals surface area contributed by atoms with Crippen LogP contribution >= 0.6 is 0 Å². The number of allylic oxidation sites excluding steroid dienone is 2. The van der Waals surface area contributed by atoms with Gasteiger partial charge in [-0.05, 0) is 73.8 Å². The average molecular weight is 792 g/mol. The summed E-state index contributed by atoms with van der Waals surface area (Å²) >= 11 is 0. The summed E-state index contributed by atoms with van der Waals surface area (Å²) in [5, 5.41) is 28.0. The van der Waals surface area contributed by atoms with Gasteiger partial charge in [-0.25, -0.2) is 26.3 Å². The van der Waals surface area contributed by atoms with Crippen molar-refractivity contribution in [3.05, 3.63) is 119 Å². The predicted octanol–water partition coefficient (Wildman–Crippen LogP) is 3.80. The minimum absolute atomic E-state index is 0. The number of hydrazone groups is 2. The number of hydrogen-bond acceptors (Lipinski definition) is 12. The number of nitrogens with one attached hydrogen (secondary N) is 4. The van der Waals surface area contributed by atoms with Crippen LogP contribution in [0.3, 0.4) is 0 Å². The summed E-state index contributed by atoms with van der Waals surface area (Å²) in [6.45, 7) is 0. The minimum Gasteiger partial charge on any atom is -0.506 e. The Hall–Kier alpha value is -5.47. The molecule has 4 aromatic rings. The quantitative estimate of drug-likeness (QED) is 0.100. The maximum atomic E-state index is 12.1. The van der Waals surface area contributed by atoms with Gasteiger partial charge in [0, 0.05) is 27.9 Å². The average Bonchev–Trinajstić information content (AvgIpc) is 3.12. The van der Waals surface area contributed by atoms with Gasteiger partial charge in [-0.1, -0.05) is 60.7 Å². The van der Waals surface area contributed by atoms with E-state index in [-0.39, 0.29) is 78.6 Å². The van der Waals surface area contributed by atoms with E-state index in [1.807, 2.05) is 24.3 Å². The van der Waals surface area contributed by atoms with E-state index < -0.39 is 20.0 Å². The molecule has 6 rings (SSSR count). The first-order valence-electron chi connectivity index (χ1n) is 14.7. The van der Waals surface area contributed by atoms with E-state index in [9.17, 15) is 36.6 Å². The molecule has 0 aliphatic heterocycles. The Morgan fingerprint density at radius 1 is 0.558 bits per heavy atom. The number of quaternary nitrogens is 1. The number of phenols is 2. The van der Waals surface area contributed by atoms with Crippen LogP contribution < -0.4 is 26.4 Å². The van der Waals surface area contributed by atoms with Gasteiger partial charge in [-0.3, -0.25) is 20.4 Å². The Kier molecular flexibility index (Phi) is 13.5. The number of phenolic OH excluding ortho intramolecular Hbond substituents is 2. The Bertz CT molecular complexity index is 2200. The third kappa shape index (κ3) is 9.05. The van der Waals surface area contributed by atoms with E-state index in [2.05, 4.69) is 30.5 Å². The van der Waals surface area contributed by atoms with Gasteiger partial charge in [0.05, 0.1) is 21.2 Å². The molecule has 0 saturated heterocycles. The number of fused-ring (bicyclic) bond motifs is 2. The Balaban J connectivity index is 0.000000270. The number of hydrogen-bond donors (Lipinski definition) is 7. The van der Waals surface area contributed by atoms with E-state index in [0.717, 1.165) is 11.1 Å². The van der Waals surface area contributed by atoms with Gasteiger partial charge >= 0.3 is 0 Å². The summed E-state index contributed by atoms with van der Waals surface area (Å²) in [7, 11) is -4.75. The molecule has 0 unspecified atom stereocenters. The number of sulfonamides is 2. The molecule has 0 amide bonds. The minimum atomic E-state index is -3.67. The zero-order chi connectivity index (χ0) is 36.1. The molecule has 4 aromatic carbocycles. The van der Waals surface area contributed by atoms with Crippen molar-refractivity contribution < 1.29 is 53.4 Å². The third-order valence-electron chi connectivity index (χ3n) is 7.40. The van der Waals surface area contributed by atoms with E-state index in [1.54, 1.807) is 36.4 Å². The van der Waals surface area contributed by atoms with Gasteiger partial charge in [0.15, 0.2) is 0 Å². The van der Waals surface area contributed by atoms with E-state index >= 15 is 0 Å². The van der Waals surface area contributed by atoms with E-state index in [1.165, 1.54) is 62.6 Å². The third-order valence-corrected chi connectivity index (χ3v) is 10.2. The number of anilines is 2. The van der Waals surface area contributed by atoms with Crippen molar-refractivity contribution >= 4 is 66.6 Å². The fraction of sp³-hybridized carbons (Fsp3) is 0.0588. The van der Waals surface area contributed by atoms with Crippen molar-refractivity contribution in [1.29, 1.82) is 0 Å². The molecule has 273 valence electrons. The smallest absolute Gasteiger partial charge is 0.240 e. The second kappa shape index (κ2) is 17.2. The molecule has 10 N–H and O–H groups in total. The molecule has 0 aromatic heterocycles. The molecule has 2 aliphatic rings. The molecule has 0 saturated carbocycles. The summed E-state index contributed by atoms with van der Waals surface area (Å²) < 4.78 is 51.9. The molecule has 18 heteroatoms. The van der Waals surface area contributed by atoms with Crippen molar-refractivity contribution in [2.75, 3.05) is 24.9 Å². The van der Waals surface area contributed by atoms with Crippen molar-refractivity contribution in [2.45, 2.75) is 9.79 Å². The zero-order valence-corrected chi connectivity index (χ0v) is 30.5. The number of rotatable bonds is 8. The molecular formula is C34H34CoN7O8S2+. The number of carbonyl (C=O) groups excluding carboxylic acids is 2. The van der Waals surface area contributed by atoms with Gasteiger partial charge in [0.2, 0.25) is 31.6 Å². The first kappa shape index (κ1) is 41.0. The van der Waals surface area contributed by atoms with Gasteiger partial charge in [-0.15, -0.1) is 0 Å². The molecule has 2 aliphatic carbocycles. The van der Waals surface area contributed by atoms with Gasteiger partial charge in [0.25, 0.3) is 0 Å². The van der Waals surface area contributed by atoms with Crippen LogP contribution in [0.2, 0.25) is 0 Å². The predicted molar refractivity (Wildman–Crippen MR) is 196 cm³/mol. The number of ketones is 2. The molecule has 0 fully saturated rings. The van der Waals surface area contributed by atoms with Crippen molar-refractivity contribution in [3.8, 4) is 11.5 Å². The van der Waals surface area contributed by atoms with Crippen LogP contribution in [0.1, 0.15) is 22.3 Å². The fourth-order valence-electron chi connectivity index (χ4n) is 4.71. The van der Waals surface area contributed by atoms with Crippen LogP contribution in [0.25, 0.3) is 12.2 Å². The topological polar surface area (TPSA) is 252 Å². The Morgan fingerprint density at radius 2 is 0.923 bits per heavy atom. The fourth-order valence-corrected chi connectivity index (χ4v) is 6.22. The molecule has 0 spiro atoms. The Labute approximate surface area is 310 Å². The molecular weight excluding hydrogens is 757 g/mol. The summed E-state index contributed by atoms with van der Waals surface area (Å²) in [6, 6.07) is 22.0. The van der Waals surface area contributed by atoms with Crippen molar-refractivity contribution in [2.24, 2.45) is 10.2 Å². The van der Waals surface area contributed by atoms with Gasteiger partial charge in [-0.2, -0.15) is 10.2 Å². The first-order valence-corrected chi connectivity index (χ1v) is 17.7. The monoisotopic (exact) mass is 791 g/mol. The number of aromatic hydroxyl groups is 2. The van der Waals surface area contributed by atoms with Crippen LogP contribution in [0.15, 0.2) is 117 Å². The summed E-state index contributed by atoms with van der Waals surface area (Å²) in [5.41, 5.74) is 8.67. The van der Waals surface area contributed by atoms with Crippen LogP contribution in [-0.4, -0.2) is 64.1 Å². The SMILES string of the molecule is CNS(=O)(=O)c1ccc(O)c(N/N=C2\C(=O)C=Cc3ccccc32)c1.CNS(=O)(=O)c1ccc(O)c(N/N=C2\C(=O)C=Cc3ccccc32)c1.[Co].[NH4+]. The molecule has 0 heterocycles. The van der Waals surface area contributed by atoms with E-state index in [0.29, 0.717) is 11.1 Å². The first-order chi connectivity index (χ1) is 23.8. The normalized spacial score (nSPS) is 14.7. The molecule has 1 radical (unpaired) electrons. The number of benzene rings is 4. The second-order valence-electron chi connectivity index (χ2n) is 10.5.